The Labute approximate surface area is 179 Å². The van der Waals surface area contributed by atoms with E-state index in [1.165, 1.54) is 30.5 Å². The highest BCUT2D eigenvalue weighted by Gasteiger charge is 2.18. The van der Waals surface area contributed by atoms with Gasteiger partial charge in [0, 0.05) is 23.7 Å². The molecule has 2 aromatic carbocycles. The number of halogens is 1. The van der Waals surface area contributed by atoms with Crippen LogP contribution in [-0.4, -0.2) is 26.9 Å². The number of pyridine rings is 1. The predicted molar refractivity (Wildman–Crippen MR) is 117 cm³/mol. The van der Waals surface area contributed by atoms with E-state index in [1.807, 2.05) is 22.8 Å². The second kappa shape index (κ2) is 8.67. The Morgan fingerprint density at radius 3 is 2.63 bits per heavy atom. The van der Waals surface area contributed by atoms with Crippen molar-refractivity contribution in [1.29, 1.82) is 0 Å². The van der Waals surface area contributed by atoms with Gasteiger partial charge in [-0.1, -0.05) is 35.5 Å². The lowest BCUT2D eigenvalue weighted by molar-refractivity contribution is 0.386. The summed E-state index contributed by atoms with van der Waals surface area (Å²) in [5, 5.41) is 9.61. The molecule has 0 saturated heterocycles. The molecule has 2 aromatic heterocycles. The number of nitrogens with zero attached hydrogens (tertiary/aromatic N) is 4. The Bertz CT molecular complexity index is 1180. The summed E-state index contributed by atoms with van der Waals surface area (Å²) >= 11 is 1.51. The Morgan fingerprint density at radius 2 is 1.93 bits per heavy atom. The molecule has 0 amide bonds. The maximum atomic E-state index is 14.1. The van der Waals surface area contributed by atoms with Gasteiger partial charge in [-0.25, -0.2) is 4.39 Å². The third-order valence-corrected chi connectivity index (χ3v) is 5.73. The smallest absolute Gasteiger partial charge is 0.196 e. The largest absolute Gasteiger partial charge is 0.494 e. The Hall–Kier alpha value is -3.19. The van der Waals surface area contributed by atoms with Crippen molar-refractivity contribution in [2.24, 2.45) is 0 Å². The fourth-order valence-corrected chi connectivity index (χ4v) is 4.15. The van der Waals surface area contributed by atoms with Gasteiger partial charge >= 0.3 is 0 Å². The molecule has 4 aromatic rings. The van der Waals surface area contributed by atoms with Crippen molar-refractivity contribution < 1.29 is 9.13 Å². The second-order valence-corrected chi connectivity index (χ2v) is 7.87. The zero-order chi connectivity index (χ0) is 21.1. The van der Waals surface area contributed by atoms with Crippen molar-refractivity contribution in [3.05, 3.63) is 83.4 Å². The second-order valence-electron chi connectivity index (χ2n) is 6.93. The monoisotopic (exact) mass is 420 g/mol. The van der Waals surface area contributed by atoms with Crippen LogP contribution >= 0.6 is 11.8 Å². The molecule has 152 valence electrons. The first-order chi connectivity index (χ1) is 14.6. The highest BCUT2D eigenvalue weighted by Crippen LogP contribution is 2.31. The van der Waals surface area contributed by atoms with E-state index in [4.69, 9.17) is 4.74 Å². The van der Waals surface area contributed by atoms with Gasteiger partial charge in [0.05, 0.1) is 12.8 Å². The quantitative estimate of drug-likeness (QED) is 0.392. The molecule has 0 saturated carbocycles. The molecule has 4 rings (SSSR count). The minimum Gasteiger partial charge on any atom is -0.494 e. The van der Waals surface area contributed by atoms with Crippen LogP contribution in [0.25, 0.3) is 17.1 Å². The average Bonchev–Trinajstić information content (AvgIpc) is 3.16. The highest BCUT2D eigenvalue weighted by atomic mass is 32.2. The number of thioether (sulfide) groups is 1. The van der Waals surface area contributed by atoms with E-state index in [0.717, 1.165) is 33.4 Å². The maximum Gasteiger partial charge on any atom is 0.196 e. The summed E-state index contributed by atoms with van der Waals surface area (Å²) in [5.74, 6) is 1.14. The van der Waals surface area contributed by atoms with Crippen molar-refractivity contribution in [1.82, 2.24) is 19.7 Å². The van der Waals surface area contributed by atoms with Crippen molar-refractivity contribution in [3.63, 3.8) is 0 Å². The first kappa shape index (κ1) is 20.1. The lowest BCUT2D eigenvalue weighted by Gasteiger charge is -2.13. The number of aromatic nitrogens is 4. The summed E-state index contributed by atoms with van der Waals surface area (Å²) in [6, 6.07) is 15.1. The molecule has 0 unspecified atom stereocenters. The topological polar surface area (TPSA) is 52.8 Å². The van der Waals surface area contributed by atoms with Crippen LogP contribution in [0.15, 0.2) is 66.1 Å². The molecule has 5 nitrogen and oxygen atoms in total. The molecule has 0 fully saturated rings. The van der Waals surface area contributed by atoms with Crippen LogP contribution in [0.4, 0.5) is 4.39 Å². The zero-order valence-corrected chi connectivity index (χ0v) is 17.8. The molecule has 2 heterocycles. The van der Waals surface area contributed by atoms with E-state index in [2.05, 4.69) is 47.2 Å². The highest BCUT2D eigenvalue weighted by molar-refractivity contribution is 7.98. The van der Waals surface area contributed by atoms with Gasteiger partial charge in [-0.15, -0.1) is 10.2 Å². The van der Waals surface area contributed by atoms with Gasteiger partial charge in [0.25, 0.3) is 0 Å². The van der Waals surface area contributed by atoms with E-state index in [1.54, 1.807) is 18.5 Å². The van der Waals surface area contributed by atoms with E-state index in [0.29, 0.717) is 5.75 Å². The fourth-order valence-electron chi connectivity index (χ4n) is 3.27. The van der Waals surface area contributed by atoms with Crippen molar-refractivity contribution in [2.45, 2.75) is 24.8 Å². The summed E-state index contributed by atoms with van der Waals surface area (Å²) in [6.07, 6.45) is 3.51. The van der Waals surface area contributed by atoms with Crippen LogP contribution in [0.5, 0.6) is 5.75 Å². The van der Waals surface area contributed by atoms with Gasteiger partial charge in [0.1, 0.15) is 0 Å². The number of aryl methyl sites for hydroxylation is 2. The Morgan fingerprint density at radius 1 is 1.07 bits per heavy atom. The van der Waals surface area contributed by atoms with E-state index < -0.39 is 0 Å². The SMILES string of the molecule is COc1ccc(CSc2nnc(-c3cccnc3)n2-c2ccc(C)cc2C)cc1F. The first-order valence-electron chi connectivity index (χ1n) is 9.45. The van der Waals surface area contributed by atoms with Gasteiger partial charge in [0.2, 0.25) is 0 Å². The van der Waals surface area contributed by atoms with E-state index in [9.17, 15) is 4.39 Å². The molecule has 0 spiro atoms. The van der Waals surface area contributed by atoms with Gasteiger partial charge in [-0.3, -0.25) is 9.55 Å². The van der Waals surface area contributed by atoms with Crippen LogP contribution in [0.2, 0.25) is 0 Å². The van der Waals surface area contributed by atoms with Crippen molar-refractivity contribution in [3.8, 4) is 22.8 Å². The first-order valence-corrected chi connectivity index (χ1v) is 10.4. The Balaban J connectivity index is 1.73. The van der Waals surface area contributed by atoms with Gasteiger partial charge in [0.15, 0.2) is 22.5 Å². The van der Waals surface area contributed by atoms with Crippen molar-refractivity contribution in [2.75, 3.05) is 7.11 Å². The molecular formula is C23H21FN4OS. The lowest BCUT2D eigenvalue weighted by atomic mass is 10.1. The molecular weight excluding hydrogens is 399 g/mol. The number of benzene rings is 2. The lowest BCUT2D eigenvalue weighted by Crippen LogP contribution is -2.02. The van der Waals surface area contributed by atoms with E-state index >= 15 is 0 Å². The zero-order valence-electron chi connectivity index (χ0n) is 17.0. The molecule has 7 heteroatoms. The summed E-state index contributed by atoms with van der Waals surface area (Å²) in [7, 11) is 1.46. The van der Waals surface area contributed by atoms with Crippen LogP contribution < -0.4 is 4.74 Å². The molecule has 0 N–H and O–H groups in total. The molecule has 0 radical (unpaired) electrons. The Kier molecular flexibility index (Phi) is 5.81. The van der Waals surface area contributed by atoms with Gasteiger partial charge < -0.3 is 4.74 Å². The summed E-state index contributed by atoms with van der Waals surface area (Å²) in [4.78, 5) is 4.22. The third kappa shape index (κ3) is 4.07. The number of methoxy groups -OCH3 is 1. The molecule has 0 aliphatic rings. The summed E-state index contributed by atoms with van der Waals surface area (Å²) in [5.41, 5.74) is 5.05. The third-order valence-electron chi connectivity index (χ3n) is 4.73. The van der Waals surface area contributed by atoms with Gasteiger partial charge in [-0.2, -0.15) is 0 Å². The average molecular weight is 421 g/mol. The van der Waals surface area contributed by atoms with Crippen LogP contribution in [0.1, 0.15) is 16.7 Å². The maximum absolute atomic E-state index is 14.1. The minimum absolute atomic E-state index is 0.237. The number of ether oxygens (including phenoxy) is 1. The van der Waals surface area contributed by atoms with Crippen molar-refractivity contribution >= 4 is 11.8 Å². The van der Waals surface area contributed by atoms with Crippen LogP contribution in [0.3, 0.4) is 0 Å². The van der Waals surface area contributed by atoms with Crippen LogP contribution in [-0.2, 0) is 5.75 Å². The fraction of sp³-hybridized carbons (Fsp3) is 0.174. The van der Waals surface area contributed by atoms with Crippen LogP contribution in [0, 0.1) is 19.7 Å². The van der Waals surface area contributed by atoms with Gasteiger partial charge in [-0.05, 0) is 55.3 Å². The standard InChI is InChI=1S/C23H21FN4OS/c1-15-6-8-20(16(2)11-15)28-22(18-5-4-10-25-13-18)26-27-23(28)30-14-17-7-9-21(29-3)19(24)12-17/h4-13H,14H2,1-3H3. The summed E-state index contributed by atoms with van der Waals surface area (Å²) in [6.45, 7) is 4.14. The van der Waals surface area contributed by atoms with E-state index in [-0.39, 0.29) is 11.6 Å². The molecule has 30 heavy (non-hydrogen) atoms. The number of rotatable bonds is 6. The normalized spacial score (nSPS) is 10.9. The molecule has 0 atom stereocenters. The number of hydrogen-bond acceptors (Lipinski definition) is 5. The molecule has 0 aliphatic carbocycles. The predicted octanol–water partition coefficient (Wildman–Crippen LogP) is 5.39. The minimum atomic E-state index is -0.373. The molecule has 0 aliphatic heterocycles. The molecule has 0 bridgehead atoms. The number of hydrogen-bond donors (Lipinski definition) is 0. The summed E-state index contributed by atoms with van der Waals surface area (Å²) < 4.78 is 21.1.